The minimum Gasteiger partial charge on any atom is -0.489 e. The van der Waals surface area contributed by atoms with E-state index in [9.17, 15) is 9.18 Å². The Hall–Kier alpha value is -1.88. The summed E-state index contributed by atoms with van der Waals surface area (Å²) >= 11 is 0. The van der Waals surface area contributed by atoms with E-state index in [0.29, 0.717) is 50.4 Å². The van der Waals surface area contributed by atoms with Crippen LogP contribution in [0.1, 0.15) is 36.2 Å². The van der Waals surface area contributed by atoms with Crippen LogP contribution in [0.4, 0.5) is 4.39 Å². The van der Waals surface area contributed by atoms with Crippen molar-refractivity contribution in [2.45, 2.75) is 26.7 Å². The molecule has 4 nitrogen and oxygen atoms in total. The molecule has 5 heteroatoms. The number of nitrogens with zero attached hydrogens (tertiary/aromatic N) is 1. The fourth-order valence-corrected chi connectivity index (χ4v) is 2.52. The van der Waals surface area contributed by atoms with Gasteiger partial charge in [-0.25, -0.2) is 4.39 Å². The molecule has 23 heavy (non-hydrogen) atoms. The second kappa shape index (κ2) is 8.67. The molecule has 0 spiro atoms. The SMILES string of the molecule is CCOCCN1CCc2cc(OC/C(=C\F)CC)ccc2C1=O. The van der Waals surface area contributed by atoms with Crippen molar-refractivity contribution in [2.24, 2.45) is 0 Å². The summed E-state index contributed by atoms with van der Waals surface area (Å²) in [5, 5.41) is 0. The predicted molar refractivity (Wildman–Crippen MR) is 87.5 cm³/mol. The molecule has 0 aliphatic carbocycles. The van der Waals surface area contributed by atoms with Crippen LogP contribution in [0, 0.1) is 0 Å². The highest BCUT2D eigenvalue weighted by Gasteiger charge is 2.24. The second-order valence-corrected chi connectivity index (χ2v) is 5.47. The molecule has 0 atom stereocenters. The van der Waals surface area contributed by atoms with Crippen molar-refractivity contribution in [2.75, 3.05) is 32.9 Å². The molecule has 1 aliphatic rings. The van der Waals surface area contributed by atoms with Crippen molar-refractivity contribution in [1.29, 1.82) is 0 Å². The minimum atomic E-state index is 0.0374. The normalized spacial score (nSPS) is 14.8. The molecule has 0 saturated heterocycles. The van der Waals surface area contributed by atoms with Crippen LogP contribution in [0.15, 0.2) is 30.1 Å². The van der Waals surface area contributed by atoms with Gasteiger partial charge in [-0.05, 0) is 49.1 Å². The first kappa shape index (κ1) is 17.5. The molecule has 0 bridgehead atoms. The lowest BCUT2D eigenvalue weighted by Crippen LogP contribution is -2.39. The molecule has 0 unspecified atom stereocenters. The van der Waals surface area contributed by atoms with E-state index in [4.69, 9.17) is 9.47 Å². The van der Waals surface area contributed by atoms with Crippen molar-refractivity contribution in [1.82, 2.24) is 4.90 Å². The van der Waals surface area contributed by atoms with Crippen LogP contribution in [-0.4, -0.2) is 43.7 Å². The standard InChI is InChI=1S/C18H24FNO3/c1-3-14(12-19)13-23-16-5-6-17-15(11-16)7-8-20(18(17)21)9-10-22-4-2/h5-6,11-12H,3-4,7-10,13H2,1-2H3/b14-12-. The van der Waals surface area contributed by atoms with Crippen LogP contribution in [0.5, 0.6) is 5.75 Å². The number of fused-ring (bicyclic) bond motifs is 1. The lowest BCUT2D eigenvalue weighted by molar-refractivity contribution is 0.0641. The summed E-state index contributed by atoms with van der Waals surface area (Å²) in [5.41, 5.74) is 2.32. The number of carbonyl (C=O) groups excluding carboxylic acids is 1. The molecule has 0 fully saturated rings. The number of hydrogen-bond donors (Lipinski definition) is 0. The van der Waals surface area contributed by atoms with E-state index in [2.05, 4.69) is 0 Å². The van der Waals surface area contributed by atoms with Crippen molar-refractivity contribution in [3.63, 3.8) is 0 Å². The van der Waals surface area contributed by atoms with E-state index in [0.717, 1.165) is 17.5 Å². The van der Waals surface area contributed by atoms with Gasteiger partial charge in [-0.1, -0.05) is 6.92 Å². The van der Waals surface area contributed by atoms with E-state index in [1.54, 1.807) is 12.1 Å². The Kier molecular flexibility index (Phi) is 6.59. The summed E-state index contributed by atoms with van der Waals surface area (Å²) in [6.07, 6.45) is 2.01. The van der Waals surface area contributed by atoms with Gasteiger partial charge in [0.25, 0.3) is 5.91 Å². The quantitative estimate of drug-likeness (QED) is 0.689. The maximum absolute atomic E-state index is 12.6. The van der Waals surface area contributed by atoms with Gasteiger partial charge < -0.3 is 14.4 Å². The first-order valence-electron chi connectivity index (χ1n) is 8.10. The van der Waals surface area contributed by atoms with Crippen molar-refractivity contribution >= 4 is 5.91 Å². The Bertz CT molecular complexity index is 571. The fraction of sp³-hybridized carbons (Fsp3) is 0.500. The molecule has 1 aliphatic heterocycles. The molecule has 0 radical (unpaired) electrons. The summed E-state index contributed by atoms with van der Waals surface area (Å²) in [5.74, 6) is 0.711. The van der Waals surface area contributed by atoms with Crippen LogP contribution in [0.2, 0.25) is 0 Å². The summed E-state index contributed by atoms with van der Waals surface area (Å²) in [6.45, 7) is 6.59. The zero-order valence-corrected chi connectivity index (χ0v) is 13.8. The van der Waals surface area contributed by atoms with E-state index in [-0.39, 0.29) is 12.5 Å². The van der Waals surface area contributed by atoms with Gasteiger partial charge in [0, 0.05) is 25.3 Å². The van der Waals surface area contributed by atoms with E-state index in [1.165, 1.54) is 0 Å². The van der Waals surface area contributed by atoms with E-state index in [1.807, 2.05) is 24.8 Å². The Labute approximate surface area is 136 Å². The highest BCUT2D eigenvalue weighted by molar-refractivity contribution is 5.96. The highest BCUT2D eigenvalue weighted by atomic mass is 19.1. The molecule has 2 rings (SSSR count). The molecule has 1 aromatic rings. The number of amides is 1. The molecule has 1 heterocycles. The summed E-state index contributed by atoms with van der Waals surface area (Å²) in [6, 6.07) is 5.46. The van der Waals surface area contributed by atoms with Gasteiger partial charge in [0.15, 0.2) is 0 Å². The number of benzene rings is 1. The van der Waals surface area contributed by atoms with Gasteiger partial charge in [-0.15, -0.1) is 0 Å². The van der Waals surface area contributed by atoms with E-state index < -0.39 is 0 Å². The summed E-state index contributed by atoms with van der Waals surface area (Å²) < 4.78 is 23.5. The molecule has 0 saturated carbocycles. The van der Waals surface area contributed by atoms with Gasteiger partial charge >= 0.3 is 0 Å². The lowest BCUT2D eigenvalue weighted by atomic mass is 9.98. The third-order valence-corrected chi connectivity index (χ3v) is 3.99. The van der Waals surface area contributed by atoms with Crippen LogP contribution in [0.3, 0.4) is 0 Å². The number of carbonyl (C=O) groups is 1. The first-order chi connectivity index (χ1) is 11.2. The van der Waals surface area contributed by atoms with E-state index >= 15 is 0 Å². The topological polar surface area (TPSA) is 38.8 Å². The summed E-state index contributed by atoms with van der Waals surface area (Å²) in [4.78, 5) is 14.3. The maximum Gasteiger partial charge on any atom is 0.254 e. The molecular weight excluding hydrogens is 297 g/mol. The maximum atomic E-state index is 12.6. The fourth-order valence-electron chi connectivity index (χ4n) is 2.52. The monoisotopic (exact) mass is 321 g/mol. The van der Waals surface area contributed by atoms with Crippen LogP contribution < -0.4 is 4.74 Å². The number of hydrogen-bond acceptors (Lipinski definition) is 3. The number of ether oxygens (including phenoxy) is 2. The summed E-state index contributed by atoms with van der Waals surface area (Å²) in [7, 11) is 0. The smallest absolute Gasteiger partial charge is 0.254 e. The Morgan fingerprint density at radius 1 is 1.39 bits per heavy atom. The lowest BCUT2D eigenvalue weighted by Gasteiger charge is -2.28. The molecule has 126 valence electrons. The zero-order valence-electron chi connectivity index (χ0n) is 13.8. The molecule has 1 amide bonds. The van der Waals surface area contributed by atoms with Crippen molar-refractivity contribution in [3.8, 4) is 5.75 Å². The van der Waals surface area contributed by atoms with Crippen molar-refractivity contribution < 1.29 is 18.7 Å². The number of halogens is 1. The van der Waals surface area contributed by atoms with Gasteiger partial charge in [0.1, 0.15) is 12.4 Å². The first-order valence-corrected chi connectivity index (χ1v) is 8.10. The molecule has 0 N–H and O–H groups in total. The van der Waals surface area contributed by atoms with Gasteiger partial charge in [0.05, 0.1) is 12.9 Å². The average Bonchev–Trinajstić information content (AvgIpc) is 2.58. The van der Waals surface area contributed by atoms with Crippen LogP contribution >= 0.6 is 0 Å². The van der Waals surface area contributed by atoms with Crippen LogP contribution in [-0.2, 0) is 11.2 Å². The van der Waals surface area contributed by atoms with Gasteiger partial charge in [-0.3, -0.25) is 4.79 Å². The Morgan fingerprint density at radius 2 is 2.22 bits per heavy atom. The minimum absolute atomic E-state index is 0.0374. The van der Waals surface area contributed by atoms with Gasteiger partial charge in [0.2, 0.25) is 0 Å². The Morgan fingerprint density at radius 3 is 2.91 bits per heavy atom. The third kappa shape index (κ3) is 4.55. The highest BCUT2D eigenvalue weighted by Crippen LogP contribution is 2.24. The molecule has 0 aromatic heterocycles. The second-order valence-electron chi connectivity index (χ2n) is 5.47. The largest absolute Gasteiger partial charge is 0.489 e. The third-order valence-electron chi connectivity index (χ3n) is 3.99. The van der Waals surface area contributed by atoms with Crippen LogP contribution in [0.25, 0.3) is 0 Å². The predicted octanol–water partition coefficient (Wildman–Crippen LogP) is 3.36. The number of rotatable bonds is 8. The molecule has 1 aromatic carbocycles. The Balaban J connectivity index is 2.01. The zero-order chi connectivity index (χ0) is 16.7. The average molecular weight is 321 g/mol. The molecular formula is C18H24FNO3. The van der Waals surface area contributed by atoms with Crippen molar-refractivity contribution in [3.05, 3.63) is 41.2 Å². The van der Waals surface area contributed by atoms with Gasteiger partial charge in [-0.2, -0.15) is 0 Å².